The molecule has 0 amide bonds. The Kier molecular flexibility index (Phi) is 10.9. The molecule has 0 aliphatic heterocycles. The van der Waals surface area contributed by atoms with Gasteiger partial charge in [-0.1, -0.05) is 78.5 Å². The van der Waals surface area contributed by atoms with Gasteiger partial charge in [0.15, 0.2) is 16.7 Å². The van der Waals surface area contributed by atoms with Crippen molar-refractivity contribution in [1.82, 2.24) is 14.5 Å². The van der Waals surface area contributed by atoms with Crippen LogP contribution in [0.25, 0.3) is 11.3 Å². The molecule has 0 radical (unpaired) electrons. The number of rotatable bonds is 14. The van der Waals surface area contributed by atoms with Gasteiger partial charge in [-0.25, -0.2) is 18.7 Å². The largest absolute Gasteiger partial charge is 0.493 e. The molecule has 7 nitrogen and oxygen atoms in total. The van der Waals surface area contributed by atoms with E-state index in [0.29, 0.717) is 41.5 Å². The maximum absolute atomic E-state index is 13.9. The second-order valence-electron chi connectivity index (χ2n) is 10.2. The third-order valence-electron chi connectivity index (χ3n) is 7.11. The molecular formula is C35H33F2N3O4S. The molecule has 45 heavy (non-hydrogen) atoms. The number of hydrogen-bond acceptors (Lipinski definition) is 7. The van der Waals surface area contributed by atoms with Crippen LogP contribution in [0.1, 0.15) is 41.3 Å². The minimum atomic E-state index is -2.78. The first-order valence-corrected chi connectivity index (χ1v) is 15.3. The fourth-order valence-electron chi connectivity index (χ4n) is 4.79. The van der Waals surface area contributed by atoms with Crippen molar-refractivity contribution in [2.24, 2.45) is 0 Å². The molecule has 0 fully saturated rings. The highest BCUT2D eigenvalue weighted by Gasteiger charge is 2.17. The summed E-state index contributed by atoms with van der Waals surface area (Å²) in [5, 5.41) is 0.232. The van der Waals surface area contributed by atoms with Crippen LogP contribution in [0.3, 0.4) is 0 Å². The van der Waals surface area contributed by atoms with E-state index in [1.165, 1.54) is 28.5 Å². The summed E-state index contributed by atoms with van der Waals surface area (Å²) in [7, 11) is 3.09. The van der Waals surface area contributed by atoms with Crippen molar-refractivity contribution in [2.75, 3.05) is 20.0 Å². The van der Waals surface area contributed by atoms with Gasteiger partial charge in [-0.3, -0.25) is 4.79 Å². The first kappa shape index (κ1) is 31.9. The molecule has 10 heteroatoms. The molecule has 232 valence electrons. The predicted octanol–water partition coefficient (Wildman–Crippen LogP) is 7.75. The highest BCUT2D eigenvalue weighted by Crippen LogP contribution is 2.30. The van der Waals surface area contributed by atoms with E-state index in [9.17, 15) is 13.6 Å². The lowest BCUT2D eigenvalue weighted by Crippen LogP contribution is -2.19. The second kappa shape index (κ2) is 15.5. The van der Waals surface area contributed by atoms with Crippen LogP contribution in [-0.4, -0.2) is 34.5 Å². The van der Waals surface area contributed by atoms with Gasteiger partial charge < -0.3 is 18.8 Å². The van der Waals surface area contributed by atoms with E-state index in [0.717, 1.165) is 16.7 Å². The highest BCUT2D eigenvalue weighted by molar-refractivity contribution is 7.99. The van der Waals surface area contributed by atoms with Gasteiger partial charge in [0.25, 0.3) is 12.0 Å². The van der Waals surface area contributed by atoms with Crippen LogP contribution < -0.4 is 15.0 Å². The van der Waals surface area contributed by atoms with Gasteiger partial charge in [0.05, 0.1) is 39.2 Å². The number of aromatic nitrogens is 3. The van der Waals surface area contributed by atoms with Crippen molar-refractivity contribution in [3.05, 3.63) is 136 Å². The Morgan fingerprint density at radius 1 is 0.822 bits per heavy atom. The van der Waals surface area contributed by atoms with Crippen LogP contribution in [0, 0.1) is 0 Å². The lowest BCUT2D eigenvalue weighted by molar-refractivity contribution is 0.0379. The van der Waals surface area contributed by atoms with Gasteiger partial charge in [-0.15, -0.1) is 0 Å². The molecule has 1 unspecified atom stereocenters. The average Bonchev–Trinajstić information content (AvgIpc) is 3.07. The zero-order valence-corrected chi connectivity index (χ0v) is 25.8. The van der Waals surface area contributed by atoms with Crippen molar-refractivity contribution in [2.45, 2.75) is 37.3 Å². The quantitative estimate of drug-likeness (QED) is 0.0919. The summed E-state index contributed by atoms with van der Waals surface area (Å²) in [4.78, 5) is 21.5. The third-order valence-corrected chi connectivity index (χ3v) is 7.99. The van der Waals surface area contributed by atoms with Gasteiger partial charge in [-0.2, -0.15) is 0 Å². The van der Waals surface area contributed by atoms with E-state index < -0.39 is 6.43 Å². The summed E-state index contributed by atoms with van der Waals surface area (Å²) in [5.41, 5.74) is 3.12. The third kappa shape index (κ3) is 8.55. The van der Waals surface area contributed by atoms with Crippen molar-refractivity contribution < 1.29 is 23.0 Å². The van der Waals surface area contributed by atoms with Gasteiger partial charge in [-0.05, 0) is 47.4 Å². The van der Waals surface area contributed by atoms with E-state index in [1.807, 2.05) is 66.7 Å². The van der Waals surface area contributed by atoms with Crippen molar-refractivity contribution in [3.63, 3.8) is 0 Å². The summed E-state index contributed by atoms with van der Waals surface area (Å²) in [6, 6.07) is 29.5. The number of nitrogens with zero attached hydrogens (tertiary/aromatic N) is 3. The molecule has 0 aliphatic rings. The van der Waals surface area contributed by atoms with E-state index in [2.05, 4.69) is 9.97 Å². The van der Waals surface area contributed by atoms with Crippen molar-refractivity contribution >= 4 is 11.8 Å². The first-order chi connectivity index (χ1) is 21.9. The minimum Gasteiger partial charge on any atom is -0.493 e. The number of hydrogen-bond donors (Lipinski definition) is 0. The van der Waals surface area contributed by atoms with Gasteiger partial charge in [0.2, 0.25) is 0 Å². The van der Waals surface area contributed by atoms with Crippen LogP contribution in [0.5, 0.6) is 11.5 Å². The molecule has 0 aliphatic carbocycles. The predicted molar refractivity (Wildman–Crippen MR) is 171 cm³/mol. The van der Waals surface area contributed by atoms with Gasteiger partial charge in [0.1, 0.15) is 5.69 Å². The second-order valence-corrected chi connectivity index (χ2v) is 11.2. The topological polar surface area (TPSA) is 75.5 Å². The lowest BCUT2D eigenvalue weighted by atomic mass is 10.1. The van der Waals surface area contributed by atoms with Crippen molar-refractivity contribution in [3.8, 4) is 22.8 Å². The van der Waals surface area contributed by atoms with E-state index in [1.54, 1.807) is 38.6 Å². The number of methoxy groups -OCH3 is 2. The molecule has 2 aromatic heterocycles. The standard InChI is InChI=1S/C35H33F2N3O4S/c1-42-31-15-13-25(19-32(31)43-2)21-40-22-27(14-16-33(40)41)28-20-29(34(36)37)39-35(38-28)45-18-17-30(26-11-7-4-8-12-26)44-23-24-9-5-3-6-10-24/h3-16,19-20,22,30,34H,17-18,21,23H2,1-2H3. The molecule has 0 bridgehead atoms. The van der Waals surface area contributed by atoms with Crippen LogP contribution in [0.4, 0.5) is 8.78 Å². The van der Waals surface area contributed by atoms with Crippen LogP contribution in [-0.2, 0) is 17.9 Å². The Bertz CT molecular complexity index is 1750. The zero-order chi connectivity index (χ0) is 31.6. The normalized spacial score (nSPS) is 11.8. The fourth-order valence-corrected chi connectivity index (χ4v) is 5.64. The van der Waals surface area contributed by atoms with E-state index in [4.69, 9.17) is 14.2 Å². The number of ether oxygens (including phenoxy) is 3. The van der Waals surface area contributed by atoms with E-state index >= 15 is 0 Å². The Labute approximate surface area is 264 Å². The van der Waals surface area contributed by atoms with E-state index in [-0.39, 0.29) is 29.1 Å². The fraction of sp³-hybridized carbons (Fsp3) is 0.229. The summed E-state index contributed by atoms with van der Waals surface area (Å²) < 4.78 is 46.4. The SMILES string of the molecule is COc1ccc(Cn2cc(-c3cc(C(F)F)nc(SCCC(OCc4ccccc4)c4ccccc4)n3)ccc2=O)cc1OC. The smallest absolute Gasteiger partial charge is 0.280 e. The molecule has 1 atom stereocenters. The Hall–Kier alpha value is -4.54. The molecule has 5 aromatic rings. The average molecular weight is 630 g/mol. The molecule has 0 saturated heterocycles. The zero-order valence-electron chi connectivity index (χ0n) is 24.9. The molecule has 0 spiro atoms. The Balaban J connectivity index is 1.34. The van der Waals surface area contributed by atoms with Crippen LogP contribution in [0.2, 0.25) is 0 Å². The number of halogens is 2. The molecule has 0 N–H and O–H groups in total. The maximum atomic E-state index is 13.9. The molecule has 0 saturated carbocycles. The monoisotopic (exact) mass is 629 g/mol. The van der Waals surface area contributed by atoms with Gasteiger partial charge in [0, 0.05) is 23.6 Å². The Morgan fingerprint density at radius 2 is 1.56 bits per heavy atom. The first-order valence-electron chi connectivity index (χ1n) is 14.4. The summed E-state index contributed by atoms with van der Waals surface area (Å²) in [5.74, 6) is 1.66. The highest BCUT2D eigenvalue weighted by atomic mass is 32.2. The van der Waals surface area contributed by atoms with Crippen LogP contribution in [0.15, 0.2) is 113 Å². The number of thioether (sulfide) groups is 1. The minimum absolute atomic E-state index is 0.197. The van der Waals surface area contributed by atoms with Crippen LogP contribution >= 0.6 is 11.8 Å². The summed E-state index contributed by atoms with van der Waals surface area (Å²) >= 11 is 1.29. The number of pyridine rings is 1. The molecular weight excluding hydrogens is 596 g/mol. The maximum Gasteiger partial charge on any atom is 0.280 e. The summed E-state index contributed by atoms with van der Waals surface area (Å²) in [6.45, 7) is 0.691. The van der Waals surface area contributed by atoms with Crippen molar-refractivity contribution in [1.29, 1.82) is 0 Å². The van der Waals surface area contributed by atoms with Gasteiger partial charge >= 0.3 is 0 Å². The molecule has 5 rings (SSSR count). The molecule has 2 heterocycles. The summed E-state index contributed by atoms with van der Waals surface area (Å²) in [6.07, 6.45) is -0.740. The number of benzene rings is 3. The molecule has 3 aromatic carbocycles. The number of alkyl halides is 2. The lowest BCUT2D eigenvalue weighted by Gasteiger charge is -2.18. The Morgan fingerprint density at radius 3 is 2.27 bits per heavy atom.